The van der Waals surface area contributed by atoms with Crippen molar-refractivity contribution in [3.63, 3.8) is 0 Å². The van der Waals surface area contributed by atoms with Gasteiger partial charge in [0.2, 0.25) is 6.41 Å². The van der Waals surface area contributed by atoms with E-state index in [4.69, 9.17) is 4.79 Å². The topological polar surface area (TPSA) is 71.2 Å². The number of carbonyl (C=O) groups is 1. The monoisotopic (exact) mass is 564 g/mol. The predicted octanol–water partition coefficient (Wildman–Crippen LogP) is 6.69. The van der Waals surface area contributed by atoms with Crippen LogP contribution < -0.4 is 11.1 Å². The van der Waals surface area contributed by atoms with Crippen LogP contribution in [0.25, 0.3) is 0 Å². The molecule has 1 aliphatic rings. The maximum atomic E-state index is 15.1. The number of nitrogens with two attached hydrogens (primary N) is 1. The van der Waals surface area contributed by atoms with Gasteiger partial charge in [-0.2, -0.15) is 17.6 Å². The van der Waals surface area contributed by atoms with Gasteiger partial charge in [-0.1, -0.05) is 24.3 Å². The van der Waals surface area contributed by atoms with Gasteiger partial charge >= 0.3 is 6.18 Å². The number of para-hydroxylation sites is 1. The predicted molar refractivity (Wildman–Crippen MR) is 148 cm³/mol. The number of carbonyl (C=O) groups excluding carboxylic acids is 1. The molecule has 1 aromatic carbocycles. The first-order chi connectivity index (χ1) is 18.3. The van der Waals surface area contributed by atoms with Gasteiger partial charge in [0, 0.05) is 40.0 Å². The Morgan fingerprint density at radius 3 is 2.31 bits per heavy atom. The molecule has 3 N–H and O–H groups in total. The Bertz CT molecular complexity index is 1220. The van der Waals surface area contributed by atoms with Crippen LogP contribution in [0.3, 0.4) is 0 Å². The highest BCUT2D eigenvalue weighted by Crippen LogP contribution is 2.55. The lowest BCUT2D eigenvalue weighted by atomic mass is 9.65. The first-order valence-electron chi connectivity index (χ1n) is 12.8. The van der Waals surface area contributed by atoms with Gasteiger partial charge in [-0.25, -0.2) is 0 Å². The number of aromatic nitrogens is 1. The molecule has 1 fully saturated rings. The lowest BCUT2D eigenvalue weighted by molar-refractivity contribution is -0.207. The normalized spacial score (nSPS) is 19.6. The Morgan fingerprint density at radius 1 is 1.10 bits per heavy atom. The molecule has 0 radical (unpaired) electrons. The maximum Gasteiger partial charge on any atom is 0.411 e. The van der Waals surface area contributed by atoms with Gasteiger partial charge in [0.25, 0.3) is 0 Å². The van der Waals surface area contributed by atoms with Crippen molar-refractivity contribution in [2.24, 2.45) is 11.1 Å². The second kappa shape index (κ2) is 12.0. The number of nitrogens with one attached hydrogen (secondary N) is 1. The zero-order chi connectivity index (χ0) is 28.9. The van der Waals surface area contributed by atoms with Crippen LogP contribution in [0.5, 0.6) is 0 Å². The van der Waals surface area contributed by atoms with Crippen molar-refractivity contribution >= 4 is 23.4 Å². The zero-order valence-electron chi connectivity index (χ0n) is 22.7. The fourth-order valence-corrected chi connectivity index (χ4v) is 6.11. The molecular formula is C29H36F4N4OS. The first kappa shape index (κ1) is 30.6. The highest BCUT2D eigenvalue weighted by molar-refractivity contribution is 7.10. The van der Waals surface area contributed by atoms with Crippen molar-refractivity contribution in [1.82, 2.24) is 9.88 Å². The highest BCUT2D eigenvalue weighted by Gasteiger charge is 2.65. The second-order valence-electron chi connectivity index (χ2n) is 10.7. The molecule has 212 valence electrons. The van der Waals surface area contributed by atoms with Crippen molar-refractivity contribution in [2.45, 2.75) is 64.2 Å². The molecule has 2 aromatic heterocycles. The van der Waals surface area contributed by atoms with Gasteiger partial charge in [-0.3, -0.25) is 14.7 Å². The fraction of sp³-hybridized carbons (Fsp3) is 0.448. The molecule has 10 heteroatoms. The summed E-state index contributed by atoms with van der Waals surface area (Å²) in [4.78, 5) is 15.9. The fourth-order valence-electron chi connectivity index (χ4n) is 5.39. The van der Waals surface area contributed by atoms with E-state index in [0.29, 0.717) is 25.1 Å². The van der Waals surface area contributed by atoms with Gasteiger partial charge < -0.3 is 11.1 Å². The summed E-state index contributed by atoms with van der Waals surface area (Å²) in [5.41, 5.74) is 2.61. The summed E-state index contributed by atoms with van der Waals surface area (Å²) < 4.78 is 58.9. The van der Waals surface area contributed by atoms with Crippen molar-refractivity contribution in [2.75, 3.05) is 18.4 Å². The molecule has 39 heavy (non-hydrogen) atoms. The van der Waals surface area contributed by atoms with E-state index < -0.39 is 22.7 Å². The number of benzene rings is 1. The molecule has 2 atom stereocenters. The molecule has 0 spiro atoms. The molecule has 3 aromatic rings. The maximum absolute atomic E-state index is 15.1. The molecule has 2 unspecified atom stereocenters. The van der Waals surface area contributed by atoms with Crippen LogP contribution in [0.1, 0.15) is 49.7 Å². The molecule has 0 bridgehead atoms. The van der Waals surface area contributed by atoms with Crippen LogP contribution in [0.2, 0.25) is 0 Å². The van der Waals surface area contributed by atoms with Crippen molar-refractivity contribution < 1.29 is 22.4 Å². The van der Waals surface area contributed by atoms with Crippen LogP contribution >= 0.6 is 11.3 Å². The Kier molecular flexibility index (Phi) is 9.43. The summed E-state index contributed by atoms with van der Waals surface area (Å²) in [7, 11) is 0. The summed E-state index contributed by atoms with van der Waals surface area (Å²) >= 11 is 1.01. The minimum absolute atomic E-state index is 0.248. The van der Waals surface area contributed by atoms with Gasteiger partial charge in [0.1, 0.15) is 5.54 Å². The summed E-state index contributed by atoms with van der Waals surface area (Å²) in [6, 6.07) is 15.6. The van der Waals surface area contributed by atoms with E-state index in [0.717, 1.165) is 27.5 Å². The third-order valence-electron chi connectivity index (χ3n) is 8.04. The lowest BCUT2D eigenvalue weighted by Gasteiger charge is -2.49. The Labute approximate surface area is 231 Å². The largest absolute Gasteiger partial charge is 0.411 e. The van der Waals surface area contributed by atoms with Crippen molar-refractivity contribution in [3.8, 4) is 0 Å². The van der Waals surface area contributed by atoms with E-state index in [2.05, 4.69) is 20.9 Å². The van der Waals surface area contributed by atoms with Crippen LogP contribution in [-0.2, 0) is 16.8 Å². The lowest BCUT2D eigenvalue weighted by Crippen LogP contribution is -2.63. The van der Waals surface area contributed by atoms with E-state index in [1.165, 1.54) is 13.0 Å². The number of alkyl halides is 3. The van der Waals surface area contributed by atoms with E-state index in [1.807, 2.05) is 39.1 Å². The number of likely N-dealkylation sites (tertiary alicyclic amines) is 1. The van der Waals surface area contributed by atoms with Crippen LogP contribution in [0.4, 0.5) is 23.2 Å². The number of nitrogens with zero attached hydrogens (tertiary/aromatic N) is 2. The van der Waals surface area contributed by atoms with Crippen LogP contribution in [-0.4, -0.2) is 41.1 Å². The molecule has 3 heterocycles. The van der Waals surface area contributed by atoms with Crippen LogP contribution in [0.15, 0.2) is 60.8 Å². The number of pyridine rings is 1. The average Bonchev–Trinajstić information content (AvgIpc) is 3.51. The molecule has 1 aliphatic heterocycles. The molecule has 4 rings (SSSR count). The number of hydrogen-bond acceptors (Lipinski definition) is 5. The standard InChI is InChI=1S/C28H33F4N3S.CH3NO/c1-20-10-11-21(18-33-20)25(2,3)35-17-16-27(19-35,15-14-23-12-13-24(29)36-23)26(4,28(30,31)32)34-22-8-6-5-7-9-22;2-1-3/h5-13,18,34H,14-17,19H2,1-4H3;1H,(H2,2,3). The van der Waals surface area contributed by atoms with Crippen molar-refractivity contribution in [1.29, 1.82) is 0 Å². The third-order valence-corrected chi connectivity index (χ3v) is 8.97. The quantitative estimate of drug-likeness (QED) is 0.236. The second-order valence-corrected chi connectivity index (χ2v) is 11.8. The Hall–Kier alpha value is -2.98. The Balaban J connectivity index is 0.00000134. The number of rotatable bonds is 8. The number of amides is 1. The Morgan fingerprint density at radius 2 is 1.77 bits per heavy atom. The average molecular weight is 565 g/mol. The number of hydrogen-bond donors (Lipinski definition) is 2. The van der Waals surface area contributed by atoms with Crippen LogP contribution in [0, 0.1) is 17.5 Å². The minimum atomic E-state index is -4.52. The van der Waals surface area contributed by atoms with Gasteiger partial charge in [-0.05, 0) is 89.4 Å². The molecule has 5 nitrogen and oxygen atoms in total. The van der Waals surface area contributed by atoms with Gasteiger partial charge in [0.15, 0.2) is 5.13 Å². The molecule has 0 aliphatic carbocycles. The molecule has 1 saturated heterocycles. The number of anilines is 1. The summed E-state index contributed by atoms with van der Waals surface area (Å²) in [5, 5.41) is 2.59. The van der Waals surface area contributed by atoms with Gasteiger partial charge in [0.05, 0.1) is 0 Å². The number of primary amides is 1. The zero-order valence-corrected chi connectivity index (χ0v) is 23.5. The highest BCUT2D eigenvalue weighted by atomic mass is 32.1. The SMILES string of the molecule is Cc1ccc(C(C)(C)N2CCC(CCc3ccc(F)s3)(C(C)(Nc3ccccc3)C(F)(F)F)C2)cn1.NC=O. The molecule has 0 saturated carbocycles. The van der Waals surface area contributed by atoms with E-state index in [9.17, 15) is 4.39 Å². The summed E-state index contributed by atoms with van der Waals surface area (Å²) in [5.74, 6) is 0. The first-order valence-corrected chi connectivity index (χ1v) is 13.6. The smallest absolute Gasteiger partial charge is 0.372 e. The molecule has 1 amide bonds. The van der Waals surface area contributed by atoms with E-state index in [1.54, 1.807) is 36.4 Å². The van der Waals surface area contributed by atoms with Gasteiger partial charge in [-0.15, -0.1) is 11.3 Å². The van der Waals surface area contributed by atoms with Crippen molar-refractivity contribution in [3.05, 3.63) is 82.1 Å². The molecular weight excluding hydrogens is 528 g/mol. The summed E-state index contributed by atoms with van der Waals surface area (Å²) in [6.45, 7) is 8.05. The summed E-state index contributed by atoms with van der Waals surface area (Å²) in [6.07, 6.45) is -1.43. The number of halogens is 4. The van der Waals surface area contributed by atoms with E-state index in [-0.39, 0.29) is 24.5 Å². The van der Waals surface area contributed by atoms with E-state index >= 15 is 13.2 Å². The minimum Gasteiger partial charge on any atom is -0.372 e. The third kappa shape index (κ3) is 6.61. The number of aryl methyl sites for hydroxylation is 2. The number of thiophene rings is 1.